The molecule has 1 saturated heterocycles. The lowest BCUT2D eigenvalue weighted by Crippen LogP contribution is -2.48. The second kappa shape index (κ2) is 8.55. The van der Waals surface area contributed by atoms with Crippen molar-refractivity contribution in [3.63, 3.8) is 0 Å². The van der Waals surface area contributed by atoms with Crippen molar-refractivity contribution in [2.24, 2.45) is 5.92 Å². The molecule has 7 heteroatoms. The van der Waals surface area contributed by atoms with E-state index in [1.54, 1.807) is 16.8 Å². The van der Waals surface area contributed by atoms with Crippen LogP contribution in [-0.2, 0) is 0 Å². The minimum Gasteiger partial charge on any atom is -0.338 e. The first kappa shape index (κ1) is 18.6. The quantitative estimate of drug-likeness (QED) is 0.639. The van der Waals surface area contributed by atoms with Crippen molar-refractivity contribution in [3.8, 4) is 21.7 Å². The van der Waals surface area contributed by atoms with Crippen LogP contribution >= 0.6 is 11.3 Å². The fourth-order valence-corrected chi connectivity index (χ4v) is 4.99. The standard InChI is InChI=1S/C22H26N6S/c1-2-4-17(3-1)15-27-9-11-28(12-10-27)22-23-13-20(14-24-22)18-5-7-19(8-6-18)21-26-25-16-29-21/h5-8,13-14,16-17H,1-4,9-12,15H2. The van der Waals surface area contributed by atoms with Crippen LogP contribution in [0.25, 0.3) is 21.7 Å². The van der Waals surface area contributed by atoms with Crippen molar-refractivity contribution in [2.45, 2.75) is 25.7 Å². The first-order chi connectivity index (χ1) is 14.3. The molecule has 0 unspecified atom stereocenters. The average molecular weight is 407 g/mol. The highest BCUT2D eigenvalue weighted by molar-refractivity contribution is 7.12. The zero-order valence-corrected chi connectivity index (χ0v) is 17.4. The van der Waals surface area contributed by atoms with E-state index in [9.17, 15) is 0 Å². The Bertz CT molecular complexity index is 895. The molecule has 1 aromatic carbocycles. The van der Waals surface area contributed by atoms with E-state index >= 15 is 0 Å². The molecule has 0 radical (unpaired) electrons. The molecule has 2 aliphatic rings. The minimum absolute atomic E-state index is 0.847. The van der Waals surface area contributed by atoms with Crippen LogP contribution in [0.1, 0.15) is 25.7 Å². The number of piperazine rings is 1. The molecule has 0 spiro atoms. The Morgan fingerprint density at radius 1 is 0.862 bits per heavy atom. The van der Waals surface area contributed by atoms with Crippen LogP contribution in [0, 0.1) is 5.92 Å². The third-order valence-electron chi connectivity index (χ3n) is 6.11. The third-order valence-corrected chi connectivity index (χ3v) is 6.85. The topological polar surface area (TPSA) is 58.0 Å². The predicted molar refractivity (Wildman–Crippen MR) is 117 cm³/mol. The summed E-state index contributed by atoms with van der Waals surface area (Å²) in [5, 5.41) is 8.96. The zero-order valence-electron chi connectivity index (χ0n) is 16.6. The van der Waals surface area contributed by atoms with Crippen LogP contribution in [0.15, 0.2) is 42.2 Å². The van der Waals surface area contributed by atoms with E-state index < -0.39 is 0 Å². The maximum atomic E-state index is 4.66. The number of benzene rings is 1. The van der Waals surface area contributed by atoms with E-state index in [1.807, 2.05) is 12.4 Å². The SMILES string of the molecule is c1nnc(-c2ccc(-c3cnc(N4CCN(CC5CCCC5)CC4)nc3)cc2)s1. The molecule has 2 fully saturated rings. The van der Waals surface area contributed by atoms with Crippen LogP contribution in [0.3, 0.4) is 0 Å². The molecule has 0 atom stereocenters. The van der Waals surface area contributed by atoms with Gasteiger partial charge in [-0.1, -0.05) is 48.4 Å². The van der Waals surface area contributed by atoms with Crippen molar-refractivity contribution >= 4 is 17.3 Å². The fourth-order valence-electron chi connectivity index (χ4n) is 4.43. The summed E-state index contributed by atoms with van der Waals surface area (Å²) < 4.78 is 0. The van der Waals surface area contributed by atoms with Crippen LogP contribution in [-0.4, -0.2) is 57.8 Å². The number of nitrogens with zero attached hydrogens (tertiary/aromatic N) is 6. The monoisotopic (exact) mass is 406 g/mol. The average Bonchev–Trinajstić information content (AvgIpc) is 3.49. The summed E-state index contributed by atoms with van der Waals surface area (Å²) in [5.74, 6) is 1.77. The van der Waals surface area contributed by atoms with Gasteiger partial charge in [0.05, 0.1) is 0 Å². The Morgan fingerprint density at radius 2 is 1.55 bits per heavy atom. The second-order valence-electron chi connectivity index (χ2n) is 8.03. The smallest absolute Gasteiger partial charge is 0.225 e. The van der Waals surface area contributed by atoms with Crippen LogP contribution in [0.2, 0.25) is 0 Å². The zero-order chi connectivity index (χ0) is 19.5. The van der Waals surface area contributed by atoms with E-state index in [1.165, 1.54) is 32.2 Å². The summed E-state index contributed by atoms with van der Waals surface area (Å²) in [6.45, 7) is 5.55. The molecule has 3 aromatic rings. The second-order valence-corrected chi connectivity index (χ2v) is 8.86. The molecule has 29 heavy (non-hydrogen) atoms. The summed E-state index contributed by atoms with van der Waals surface area (Å²) in [7, 11) is 0. The summed E-state index contributed by atoms with van der Waals surface area (Å²) in [6.07, 6.45) is 9.57. The molecule has 1 aliphatic carbocycles. The summed E-state index contributed by atoms with van der Waals surface area (Å²) in [6, 6.07) is 8.34. The highest BCUT2D eigenvalue weighted by Crippen LogP contribution is 2.27. The van der Waals surface area contributed by atoms with Crippen LogP contribution in [0.5, 0.6) is 0 Å². The first-order valence-corrected chi connectivity index (χ1v) is 11.4. The van der Waals surface area contributed by atoms with Gasteiger partial charge in [-0.2, -0.15) is 0 Å². The van der Waals surface area contributed by atoms with Gasteiger partial charge in [-0.15, -0.1) is 10.2 Å². The van der Waals surface area contributed by atoms with Gasteiger partial charge in [-0.25, -0.2) is 9.97 Å². The molecule has 1 aliphatic heterocycles. The molecule has 1 saturated carbocycles. The van der Waals surface area contributed by atoms with Gasteiger partial charge in [0.25, 0.3) is 0 Å². The molecule has 3 heterocycles. The summed E-state index contributed by atoms with van der Waals surface area (Å²) in [4.78, 5) is 14.2. The maximum absolute atomic E-state index is 4.66. The van der Waals surface area contributed by atoms with Crippen molar-refractivity contribution in [1.29, 1.82) is 0 Å². The Labute approximate surface area is 175 Å². The lowest BCUT2D eigenvalue weighted by atomic mass is 10.1. The summed E-state index contributed by atoms with van der Waals surface area (Å²) in [5.41, 5.74) is 5.00. The largest absolute Gasteiger partial charge is 0.338 e. The van der Waals surface area contributed by atoms with Crippen molar-refractivity contribution in [3.05, 3.63) is 42.2 Å². The number of aromatic nitrogens is 4. The van der Waals surface area contributed by atoms with Gasteiger partial charge in [0.15, 0.2) is 0 Å². The van der Waals surface area contributed by atoms with E-state index in [0.717, 1.165) is 59.7 Å². The molecular formula is C22H26N6S. The number of rotatable bonds is 5. The number of hydrogen-bond donors (Lipinski definition) is 0. The lowest BCUT2D eigenvalue weighted by Gasteiger charge is -2.35. The van der Waals surface area contributed by atoms with E-state index in [2.05, 4.69) is 54.2 Å². The Morgan fingerprint density at radius 3 is 2.21 bits per heavy atom. The number of hydrogen-bond acceptors (Lipinski definition) is 7. The molecule has 6 nitrogen and oxygen atoms in total. The maximum Gasteiger partial charge on any atom is 0.225 e. The van der Waals surface area contributed by atoms with Gasteiger partial charge >= 0.3 is 0 Å². The van der Waals surface area contributed by atoms with Crippen molar-refractivity contribution < 1.29 is 0 Å². The van der Waals surface area contributed by atoms with Gasteiger partial charge in [0.1, 0.15) is 10.5 Å². The van der Waals surface area contributed by atoms with Gasteiger partial charge in [0, 0.05) is 56.2 Å². The highest BCUT2D eigenvalue weighted by Gasteiger charge is 2.23. The molecule has 0 amide bonds. The highest BCUT2D eigenvalue weighted by atomic mass is 32.1. The van der Waals surface area contributed by atoms with Gasteiger partial charge < -0.3 is 4.90 Å². The van der Waals surface area contributed by atoms with Crippen LogP contribution < -0.4 is 4.90 Å². The lowest BCUT2D eigenvalue weighted by molar-refractivity contribution is 0.219. The Hall–Kier alpha value is -2.38. The Kier molecular flexibility index (Phi) is 5.49. The Balaban J connectivity index is 1.19. The van der Waals surface area contributed by atoms with Crippen molar-refractivity contribution in [1.82, 2.24) is 25.1 Å². The molecule has 150 valence electrons. The predicted octanol–water partition coefficient (Wildman–Crippen LogP) is 3.97. The normalized spacial score (nSPS) is 18.4. The first-order valence-electron chi connectivity index (χ1n) is 10.5. The van der Waals surface area contributed by atoms with E-state index in [4.69, 9.17) is 0 Å². The molecule has 0 bridgehead atoms. The third kappa shape index (κ3) is 4.31. The van der Waals surface area contributed by atoms with Gasteiger partial charge in [-0.05, 0) is 24.3 Å². The molecule has 0 N–H and O–H groups in total. The van der Waals surface area contributed by atoms with Crippen molar-refractivity contribution in [2.75, 3.05) is 37.6 Å². The fraction of sp³-hybridized carbons (Fsp3) is 0.455. The minimum atomic E-state index is 0.847. The number of anilines is 1. The van der Waals surface area contributed by atoms with Gasteiger partial charge in [0.2, 0.25) is 5.95 Å². The molecule has 2 aromatic heterocycles. The van der Waals surface area contributed by atoms with E-state index in [0.29, 0.717) is 0 Å². The molecule has 5 rings (SSSR count). The van der Waals surface area contributed by atoms with Gasteiger partial charge in [-0.3, -0.25) is 4.90 Å². The van der Waals surface area contributed by atoms with E-state index in [-0.39, 0.29) is 0 Å². The summed E-state index contributed by atoms with van der Waals surface area (Å²) >= 11 is 1.55. The van der Waals surface area contributed by atoms with Crippen LogP contribution in [0.4, 0.5) is 5.95 Å². The molecular weight excluding hydrogens is 380 g/mol.